The summed E-state index contributed by atoms with van der Waals surface area (Å²) in [4.78, 5) is 13.1. The van der Waals surface area contributed by atoms with Gasteiger partial charge in [0.1, 0.15) is 0 Å². The first-order valence-corrected chi connectivity index (χ1v) is 3.87. The lowest BCUT2D eigenvalue weighted by Gasteiger charge is -2.07. The molecule has 0 aliphatic rings. The van der Waals surface area contributed by atoms with E-state index in [-0.39, 0.29) is 5.78 Å². The Morgan fingerprint density at radius 3 is 2.36 bits per heavy atom. The lowest BCUT2D eigenvalue weighted by atomic mass is 10.1. The minimum atomic E-state index is 0.187. The molecule has 0 heterocycles. The molecule has 0 saturated carbocycles. The Kier molecular flexibility index (Phi) is 4.79. The predicted octanol–water partition coefficient (Wildman–Crippen LogP) is 1.47. The van der Waals surface area contributed by atoms with Crippen LogP contribution in [0.15, 0.2) is 12.2 Å². The Hall–Kier alpha value is -0.630. The second kappa shape index (κ2) is 5.08. The monoisotopic (exact) mass is 155 g/mol. The summed E-state index contributed by atoms with van der Waals surface area (Å²) in [6.45, 7) is 6.32. The van der Waals surface area contributed by atoms with Gasteiger partial charge in [0.25, 0.3) is 0 Å². The molecule has 0 aromatic heterocycles. The molecule has 0 fully saturated rings. The second-order valence-electron chi connectivity index (χ2n) is 3.11. The van der Waals surface area contributed by atoms with Gasteiger partial charge in [-0.05, 0) is 39.6 Å². The van der Waals surface area contributed by atoms with E-state index in [2.05, 4.69) is 11.5 Å². The zero-order chi connectivity index (χ0) is 8.85. The fourth-order valence-electron chi connectivity index (χ4n) is 0.769. The van der Waals surface area contributed by atoms with Crippen LogP contribution in [0.1, 0.15) is 19.8 Å². The van der Waals surface area contributed by atoms with E-state index in [0.717, 1.165) is 13.0 Å². The first kappa shape index (κ1) is 10.4. The number of ketones is 1. The molecule has 0 aromatic rings. The molecule has 0 aliphatic heterocycles. The van der Waals surface area contributed by atoms with Gasteiger partial charge in [0, 0.05) is 6.42 Å². The van der Waals surface area contributed by atoms with Crippen LogP contribution in [0.5, 0.6) is 0 Å². The van der Waals surface area contributed by atoms with Gasteiger partial charge in [-0.3, -0.25) is 4.79 Å². The fourth-order valence-corrected chi connectivity index (χ4v) is 0.769. The van der Waals surface area contributed by atoms with Crippen molar-refractivity contribution >= 4 is 5.78 Å². The summed E-state index contributed by atoms with van der Waals surface area (Å²) in [5.41, 5.74) is 0.670. The summed E-state index contributed by atoms with van der Waals surface area (Å²) < 4.78 is 0. The molecule has 0 aromatic carbocycles. The van der Waals surface area contributed by atoms with E-state index in [1.807, 2.05) is 14.1 Å². The molecule has 0 spiro atoms. The van der Waals surface area contributed by atoms with E-state index in [0.29, 0.717) is 12.0 Å². The summed E-state index contributed by atoms with van der Waals surface area (Å²) >= 11 is 0. The van der Waals surface area contributed by atoms with E-state index in [1.165, 1.54) is 0 Å². The highest BCUT2D eigenvalue weighted by Crippen LogP contribution is 1.99. The highest BCUT2D eigenvalue weighted by atomic mass is 16.1. The molecule has 0 unspecified atom stereocenters. The number of hydrogen-bond donors (Lipinski definition) is 0. The van der Waals surface area contributed by atoms with Crippen molar-refractivity contribution in [3.05, 3.63) is 12.2 Å². The van der Waals surface area contributed by atoms with Gasteiger partial charge in [-0.15, -0.1) is 0 Å². The smallest absolute Gasteiger partial charge is 0.158 e. The van der Waals surface area contributed by atoms with Crippen molar-refractivity contribution in [1.82, 2.24) is 4.90 Å². The van der Waals surface area contributed by atoms with Crippen LogP contribution in [0.25, 0.3) is 0 Å². The summed E-state index contributed by atoms with van der Waals surface area (Å²) in [6, 6.07) is 0. The maximum atomic E-state index is 11.0. The van der Waals surface area contributed by atoms with Crippen LogP contribution in [0, 0.1) is 0 Å². The molecule has 0 rings (SSSR count). The first-order valence-electron chi connectivity index (χ1n) is 3.87. The van der Waals surface area contributed by atoms with Crippen LogP contribution < -0.4 is 0 Å². The van der Waals surface area contributed by atoms with Gasteiger partial charge >= 0.3 is 0 Å². The number of rotatable bonds is 5. The van der Waals surface area contributed by atoms with Crippen molar-refractivity contribution in [2.75, 3.05) is 20.6 Å². The lowest BCUT2D eigenvalue weighted by molar-refractivity contribution is -0.115. The number of nitrogens with zero attached hydrogens (tertiary/aromatic N) is 1. The third kappa shape index (κ3) is 5.80. The zero-order valence-corrected chi connectivity index (χ0v) is 7.68. The highest BCUT2D eigenvalue weighted by Gasteiger charge is 2.01. The molecule has 0 bridgehead atoms. The topological polar surface area (TPSA) is 20.3 Å². The summed E-state index contributed by atoms with van der Waals surface area (Å²) in [5, 5.41) is 0. The van der Waals surface area contributed by atoms with Crippen molar-refractivity contribution < 1.29 is 4.79 Å². The average Bonchev–Trinajstić information content (AvgIpc) is 1.86. The third-order valence-corrected chi connectivity index (χ3v) is 1.49. The van der Waals surface area contributed by atoms with E-state index in [9.17, 15) is 4.79 Å². The minimum absolute atomic E-state index is 0.187. The molecule has 11 heavy (non-hydrogen) atoms. The molecule has 0 amide bonds. The molecular formula is C9H17NO. The van der Waals surface area contributed by atoms with Crippen molar-refractivity contribution in [3.8, 4) is 0 Å². The lowest BCUT2D eigenvalue weighted by Crippen LogP contribution is -2.14. The van der Waals surface area contributed by atoms with Crippen LogP contribution >= 0.6 is 0 Å². The van der Waals surface area contributed by atoms with E-state index < -0.39 is 0 Å². The quantitative estimate of drug-likeness (QED) is 0.560. The Balaban J connectivity index is 3.40. The van der Waals surface area contributed by atoms with Gasteiger partial charge in [0.2, 0.25) is 0 Å². The summed E-state index contributed by atoms with van der Waals surface area (Å²) in [7, 11) is 4.01. The van der Waals surface area contributed by atoms with E-state index in [1.54, 1.807) is 6.92 Å². The Morgan fingerprint density at radius 1 is 1.45 bits per heavy atom. The van der Waals surface area contributed by atoms with E-state index >= 15 is 0 Å². The molecule has 64 valence electrons. The normalized spacial score (nSPS) is 10.2. The minimum Gasteiger partial charge on any atom is -0.309 e. The molecule has 0 radical (unpaired) electrons. The van der Waals surface area contributed by atoms with E-state index in [4.69, 9.17) is 0 Å². The van der Waals surface area contributed by atoms with Gasteiger partial charge in [-0.2, -0.15) is 0 Å². The standard InChI is InChI=1S/C9H17NO/c1-8(2)9(11)6-5-7-10(3)4/h1,5-7H2,2-4H3. The zero-order valence-electron chi connectivity index (χ0n) is 7.68. The Labute approximate surface area is 68.9 Å². The van der Waals surface area contributed by atoms with Crippen LogP contribution in [-0.2, 0) is 4.79 Å². The largest absolute Gasteiger partial charge is 0.309 e. The number of carbonyl (C=O) groups excluding carboxylic acids is 1. The van der Waals surface area contributed by atoms with Crippen molar-refractivity contribution in [3.63, 3.8) is 0 Å². The van der Waals surface area contributed by atoms with Crippen molar-refractivity contribution in [2.24, 2.45) is 0 Å². The average molecular weight is 155 g/mol. The number of allylic oxidation sites excluding steroid dienone is 1. The van der Waals surface area contributed by atoms with Crippen molar-refractivity contribution in [2.45, 2.75) is 19.8 Å². The highest BCUT2D eigenvalue weighted by molar-refractivity contribution is 5.93. The third-order valence-electron chi connectivity index (χ3n) is 1.49. The predicted molar refractivity (Wildman–Crippen MR) is 47.6 cm³/mol. The van der Waals surface area contributed by atoms with Crippen molar-refractivity contribution in [1.29, 1.82) is 0 Å². The van der Waals surface area contributed by atoms with Gasteiger partial charge < -0.3 is 4.90 Å². The maximum absolute atomic E-state index is 11.0. The first-order chi connectivity index (χ1) is 5.04. The Bertz CT molecular complexity index is 150. The summed E-state index contributed by atoms with van der Waals surface area (Å²) in [6.07, 6.45) is 1.56. The molecule has 2 heteroatoms. The molecule has 0 N–H and O–H groups in total. The van der Waals surface area contributed by atoms with Crippen LogP contribution in [0.2, 0.25) is 0 Å². The van der Waals surface area contributed by atoms with Gasteiger partial charge in [0.05, 0.1) is 0 Å². The number of hydrogen-bond acceptors (Lipinski definition) is 2. The van der Waals surface area contributed by atoms with Crippen LogP contribution in [-0.4, -0.2) is 31.3 Å². The second-order valence-corrected chi connectivity index (χ2v) is 3.11. The fraction of sp³-hybridized carbons (Fsp3) is 0.667. The number of Topliss-reactive ketones (excluding diaryl/α,β-unsaturated/α-hetero) is 1. The Morgan fingerprint density at radius 2 is 2.00 bits per heavy atom. The molecule has 0 saturated heterocycles. The van der Waals surface area contributed by atoms with Gasteiger partial charge in [0.15, 0.2) is 5.78 Å². The number of carbonyl (C=O) groups is 1. The van der Waals surface area contributed by atoms with Crippen LogP contribution in [0.3, 0.4) is 0 Å². The molecular weight excluding hydrogens is 138 g/mol. The summed E-state index contributed by atoms with van der Waals surface area (Å²) in [5.74, 6) is 0.187. The SMILES string of the molecule is C=C(C)C(=O)CCCN(C)C. The molecule has 0 aliphatic carbocycles. The van der Waals surface area contributed by atoms with Gasteiger partial charge in [-0.25, -0.2) is 0 Å². The maximum Gasteiger partial charge on any atom is 0.158 e. The molecule has 0 atom stereocenters. The van der Waals surface area contributed by atoms with Crippen LogP contribution in [0.4, 0.5) is 0 Å². The van der Waals surface area contributed by atoms with Gasteiger partial charge in [-0.1, -0.05) is 6.58 Å². The molecule has 2 nitrogen and oxygen atoms in total.